The predicted molar refractivity (Wildman–Crippen MR) is 145 cm³/mol. The third kappa shape index (κ3) is 5.28. The average Bonchev–Trinajstić information content (AvgIpc) is 3.23. The fraction of sp³-hybridized carbons (Fsp3) is 0.483. The number of hydrogen-bond donors (Lipinski definition) is 1. The first-order valence-corrected chi connectivity index (χ1v) is 12.7. The molecule has 2 saturated heterocycles. The van der Waals surface area contributed by atoms with Crippen LogP contribution in [0.4, 0.5) is 0 Å². The Morgan fingerprint density at radius 2 is 1.60 bits per heavy atom. The van der Waals surface area contributed by atoms with Crippen LogP contribution in [0.3, 0.4) is 0 Å². The lowest BCUT2D eigenvalue weighted by atomic mass is 9.84. The molecule has 35 heavy (non-hydrogen) atoms. The molecule has 0 spiro atoms. The van der Waals surface area contributed by atoms with Gasteiger partial charge in [0.05, 0.1) is 6.10 Å². The molecule has 0 unspecified atom stereocenters. The molecule has 0 atom stereocenters. The molecular formula is C29H38ClN3O2. The van der Waals surface area contributed by atoms with Crippen LogP contribution in [-0.2, 0) is 11.3 Å². The Morgan fingerprint density at radius 3 is 2.26 bits per heavy atom. The SMILES string of the molecule is COC1CCN(C(=O)c2[nH]c3ccccc3c2CN2CCC(c3c(C)cccc3C)CC2)CC1.Cl. The van der Waals surface area contributed by atoms with Crippen LogP contribution in [0, 0.1) is 13.8 Å². The molecule has 0 radical (unpaired) electrons. The number of ether oxygens (including phenoxy) is 1. The number of hydrogen-bond acceptors (Lipinski definition) is 3. The van der Waals surface area contributed by atoms with E-state index in [9.17, 15) is 4.79 Å². The highest BCUT2D eigenvalue weighted by atomic mass is 35.5. The first-order valence-electron chi connectivity index (χ1n) is 12.7. The second kappa shape index (κ2) is 11.2. The van der Waals surface area contributed by atoms with Crippen molar-refractivity contribution in [2.75, 3.05) is 33.3 Å². The molecule has 1 amide bonds. The van der Waals surface area contributed by atoms with Gasteiger partial charge in [-0.3, -0.25) is 9.69 Å². The maximum atomic E-state index is 13.6. The molecule has 1 aromatic heterocycles. The van der Waals surface area contributed by atoms with Gasteiger partial charge >= 0.3 is 0 Å². The molecule has 2 aliphatic heterocycles. The zero-order valence-electron chi connectivity index (χ0n) is 21.2. The van der Waals surface area contributed by atoms with Gasteiger partial charge in [0.2, 0.25) is 0 Å². The number of nitrogens with one attached hydrogen (secondary N) is 1. The van der Waals surface area contributed by atoms with E-state index in [2.05, 4.69) is 60.1 Å². The molecule has 1 N–H and O–H groups in total. The summed E-state index contributed by atoms with van der Waals surface area (Å²) >= 11 is 0. The Hall–Kier alpha value is -2.34. The topological polar surface area (TPSA) is 48.6 Å². The van der Waals surface area contributed by atoms with Crippen molar-refractivity contribution in [1.29, 1.82) is 0 Å². The van der Waals surface area contributed by atoms with Gasteiger partial charge in [0.1, 0.15) is 5.69 Å². The minimum atomic E-state index is 0. The van der Waals surface area contributed by atoms with Gasteiger partial charge in [0, 0.05) is 43.2 Å². The number of rotatable bonds is 5. The summed E-state index contributed by atoms with van der Waals surface area (Å²) in [6.45, 7) is 8.94. The van der Waals surface area contributed by atoms with Gasteiger partial charge < -0.3 is 14.6 Å². The lowest BCUT2D eigenvalue weighted by Gasteiger charge is -2.34. The van der Waals surface area contributed by atoms with Crippen molar-refractivity contribution in [3.8, 4) is 0 Å². The predicted octanol–water partition coefficient (Wildman–Crippen LogP) is 5.84. The fourth-order valence-corrected chi connectivity index (χ4v) is 6.07. The number of fused-ring (bicyclic) bond motifs is 1. The highest BCUT2D eigenvalue weighted by molar-refractivity contribution is 6.01. The van der Waals surface area contributed by atoms with Crippen LogP contribution >= 0.6 is 12.4 Å². The van der Waals surface area contributed by atoms with Gasteiger partial charge in [-0.2, -0.15) is 0 Å². The number of aromatic nitrogens is 1. The van der Waals surface area contributed by atoms with Gasteiger partial charge in [0.25, 0.3) is 5.91 Å². The van der Waals surface area contributed by atoms with Crippen LogP contribution in [0.5, 0.6) is 0 Å². The van der Waals surface area contributed by atoms with Crippen LogP contribution in [0.1, 0.15) is 64.3 Å². The number of aromatic amines is 1. The molecule has 3 aromatic rings. The molecule has 0 saturated carbocycles. The third-order valence-electron chi connectivity index (χ3n) is 8.01. The van der Waals surface area contributed by atoms with E-state index >= 15 is 0 Å². The normalized spacial score (nSPS) is 18.1. The van der Waals surface area contributed by atoms with Gasteiger partial charge in [-0.25, -0.2) is 0 Å². The van der Waals surface area contributed by atoms with Gasteiger partial charge in [0.15, 0.2) is 0 Å². The number of halogens is 1. The molecule has 2 aliphatic rings. The minimum absolute atomic E-state index is 0. The maximum Gasteiger partial charge on any atom is 0.270 e. The second-order valence-corrected chi connectivity index (χ2v) is 10.1. The summed E-state index contributed by atoms with van der Waals surface area (Å²) in [5, 5.41) is 1.18. The van der Waals surface area contributed by atoms with E-state index in [-0.39, 0.29) is 24.4 Å². The van der Waals surface area contributed by atoms with E-state index in [1.807, 2.05) is 11.0 Å². The number of carbonyl (C=O) groups is 1. The number of amides is 1. The number of piperidine rings is 2. The maximum absolute atomic E-state index is 13.6. The number of methoxy groups -OCH3 is 1. The Labute approximate surface area is 215 Å². The fourth-order valence-electron chi connectivity index (χ4n) is 6.07. The zero-order chi connectivity index (χ0) is 23.7. The van der Waals surface area contributed by atoms with E-state index in [1.165, 1.54) is 29.4 Å². The summed E-state index contributed by atoms with van der Waals surface area (Å²) in [5.74, 6) is 0.759. The molecule has 188 valence electrons. The molecule has 0 bridgehead atoms. The summed E-state index contributed by atoms with van der Waals surface area (Å²) < 4.78 is 5.50. The summed E-state index contributed by atoms with van der Waals surface area (Å²) in [6, 6.07) is 15.0. The standard InChI is InChI=1S/C29H37N3O2.ClH/c1-20-7-6-8-21(2)27(20)22-11-15-31(16-12-22)19-25-24-9-4-5-10-26(24)30-28(25)29(33)32-17-13-23(34-3)14-18-32;/h4-10,22-23,30H,11-19H2,1-3H3;1H. The summed E-state index contributed by atoms with van der Waals surface area (Å²) in [7, 11) is 1.77. The lowest BCUT2D eigenvalue weighted by molar-refractivity contribution is 0.0347. The molecule has 6 heteroatoms. The van der Waals surface area contributed by atoms with Crippen LogP contribution in [0.25, 0.3) is 10.9 Å². The van der Waals surface area contributed by atoms with Crippen molar-refractivity contribution in [3.05, 3.63) is 70.4 Å². The zero-order valence-corrected chi connectivity index (χ0v) is 22.0. The van der Waals surface area contributed by atoms with E-state index in [0.717, 1.165) is 62.3 Å². The van der Waals surface area contributed by atoms with Crippen LogP contribution in [-0.4, -0.2) is 60.1 Å². The number of aryl methyl sites for hydroxylation is 2. The Morgan fingerprint density at radius 1 is 0.943 bits per heavy atom. The van der Waals surface area contributed by atoms with Crippen molar-refractivity contribution < 1.29 is 9.53 Å². The highest BCUT2D eigenvalue weighted by Gasteiger charge is 2.29. The number of H-pyrrole nitrogens is 1. The minimum Gasteiger partial charge on any atom is -0.381 e. The van der Waals surface area contributed by atoms with Crippen molar-refractivity contribution >= 4 is 29.2 Å². The van der Waals surface area contributed by atoms with Gasteiger partial charge in [-0.05, 0) is 81.3 Å². The summed E-state index contributed by atoms with van der Waals surface area (Å²) in [6.07, 6.45) is 4.42. The molecule has 5 nitrogen and oxygen atoms in total. The van der Waals surface area contributed by atoms with E-state index in [1.54, 1.807) is 12.7 Å². The van der Waals surface area contributed by atoms with Crippen molar-refractivity contribution in [2.45, 2.75) is 58.1 Å². The first-order chi connectivity index (χ1) is 16.5. The van der Waals surface area contributed by atoms with Crippen molar-refractivity contribution in [3.63, 3.8) is 0 Å². The van der Waals surface area contributed by atoms with E-state index in [4.69, 9.17) is 4.74 Å². The Bertz CT molecular complexity index is 1140. The Balaban J connectivity index is 0.00000289. The number of benzene rings is 2. The summed E-state index contributed by atoms with van der Waals surface area (Å²) in [4.78, 5) is 21.6. The van der Waals surface area contributed by atoms with Crippen LogP contribution < -0.4 is 0 Å². The largest absolute Gasteiger partial charge is 0.381 e. The van der Waals surface area contributed by atoms with Gasteiger partial charge in [-0.15, -0.1) is 12.4 Å². The van der Waals surface area contributed by atoms with Crippen LogP contribution in [0.2, 0.25) is 0 Å². The molecule has 0 aliphatic carbocycles. The smallest absolute Gasteiger partial charge is 0.270 e. The quantitative estimate of drug-likeness (QED) is 0.484. The second-order valence-electron chi connectivity index (χ2n) is 10.1. The molecule has 2 aromatic carbocycles. The first kappa shape index (κ1) is 25.7. The molecular weight excluding hydrogens is 458 g/mol. The van der Waals surface area contributed by atoms with Gasteiger partial charge in [-0.1, -0.05) is 36.4 Å². The number of para-hydroxylation sites is 1. The molecule has 3 heterocycles. The van der Waals surface area contributed by atoms with Crippen LogP contribution in [0.15, 0.2) is 42.5 Å². The number of nitrogens with zero attached hydrogens (tertiary/aromatic N) is 2. The monoisotopic (exact) mass is 495 g/mol. The summed E-state index contributed by atoms with van der Waals surface area (Å²) in [5.41, 5.74) is 7.36. The van der Waals surface area contributed by atoms with Crippen molar-refractivity contribution in [1.82, 2.24) is 14.8 Å². The van der Waals surface area contributed by atoms with E-state index < -0.39 is 0 Å². The lowest BCUT2D eigenvalue weighted by Crippen LogP contribution is -2.41. The molecule has 2 fully saturated rings. The molecule has 5 rings (SSSR count). The van der Waals surface area contributed by atoms with E-state index in [0.29, 0.717) is 5.92 Å². The average molecular weight is 496 g/mol. The number of carbonyl (C=O) groups excluding carboxylic acids is 1. The number of likely N-dealkylation sites (tertiary alicyclic amines) is 2. The van der Waals surface area contributed by atoms with Crippen molar-refractivity contribution in [2.24, 2.45) is 0 Å². The highest BCUT2D eigenvalue weighted by Crippen LogP contribution is 2.34. The Kier molecular flexibility index (Phi) is 8.20. The third-order valence-corrected chi connectivity index (χ3v) is 8.01.